The van der Waals surface area contributed by atoms with E-state index < -0.39 is 0 Å². The number of carbonyl (C=O) groups excluding carboxylic acids is 1. The van der Waals surface area contributed by atoms with Crippen molar-refractivity contribution < 1.29 is 4.79 Å². The molecule has 0 aliphatic carbocycles. The zero-order valence-electron chi connectivity index (χ0n) is 14.0. The van der Waals surface area contributed by atoms with Crippen LogP contribution >= 0.6 is 0 Å². The smallest absolute Gasteiger partial charge is 0.246 e. The number of aromatic nitrogens is 2. The number of anilines is 1. The molecule has 26 heavy (non-hydrogen) atoms. The maximum atomic E-state index is 12.4. The number of piperazine rings is 1. The first-order valence-electron chi connectivity index (χ1n) is 8.14. The Hall–Kier alpha value is -3.71. The van der Waals surface area contributed by atoms with E-state index in [1.165, 1.54) is 12.3 Å². The highest BCUT2D eigenvalue weighted by Gasteiger charge is 2.22. The van der Waals surface area contributed by atoms with Gasteiger partial charge in [-0.15, -0.1) is 0 Å². The second-order valence-corrected chi connectivity index (χ2v) is 5.72. The molecule has 0 N–H and O–H groups in total. The molecule has 1 aliphatic rings. The van der Waals surface area contributed by atoms with Crippen LogP contribution in [-0.2, 0) is 4.79 Å². The first-order valence-corrected chi connectivity index (χ1v) is 8.14. The van der Waals surface area contributed by atoms with Crippen molar-refractivity contribution in [3.05, 3.63) is 59.6 Å². The van der Waals surface area contributed by atoms with Crippen molar-refractivity contribution in [3.8, 4) is 12.1 Å². The Morgan fingerprint density at radius 2 is 1.85 bits per heavy atom. The van der Waals surface area contributed by atoms with E-state index in [9.17, 15) is 4.79 Å². The molecule has 1 aromatic carbocycles. The van der Waals surface area contributed by atoms with Crippen molar-refractivity contribution in [3.63, 3.8) is 0 Å². The Kier molecular flexibility index (Phi) is 5.21. The molecule has 0 bridgehead atoms. The molecule has 1 fully saturated rings. The lowest BCUT2D eigenvalue weighted by atomic mass is 10.1. The van der Waals surface area contributed by atoms with Crippen molar-refractivity contribution >= 4 is 17.8 Å². The Morgan fingerprint density at radius 1 is 1.08 bits per heavy atom. The molecule has 0 spiro atoms. The van der Waals surface area contributed by atoms with E-state index in [1.807, 2.05) is 17.0 Å². The lowest BCUT2D eigenvalue weighted by Gasteiger charge is -2.34. The molecule has 1 amide bonds. The molecule has 128 valence electrons. The second-order valence-electron chi connectivity index (χ2n) is 5.72. The summed E-state index contributed by atoms with van der Waals surface area (Å²) >= 11 is 0. The molecule has 0 saturated carbocycles. The fraction of sp³-hybridized carbons (Fsp3) is 0.211. The van der Waals surface area contributed by atoms with Crippen LogP contribution in [0.1, 0.15) is 16.8 Å². The molecular weight excluding hydrogens is 328 g/mol. The van der Waals surface area contributed by atoms with E-state index in [2.05, 4.69) is 16.0 Å². The number of nitriles is 2. The van der Waals surface area contributed by atoms with Crippen LogP contribution in [0.2, 0.25) is 0 Å². The number of hydrogen-bond donors (Lipinski definition) is 0. The van der Waals surface area contributed by atoms with Crippen LogP contribution in [0, 0.1) is 22.7 Å². The summed E-state index contributed by atoms with van der Waals surface area (Å²) in [5, 5.41) is 18.0. The highest BCUT2D eigenvalue weighted by atomic mass is 16.2. The normalized spacial score (nSPS) is 14.1. The SMILES string of the molecule is N#Cc1cccc(/C=C/C(=O)N2CCN(c3nccnc3C#N)CC2)c1. The van der Waals surface area contributed by atoms with Gasteiger partial charge in [-0.05, 0) is 23.8 Å². The monoisotopic (exact) mass is 344 g/mol. The molecule has 1 aliphatic heterocycles. The fourth-order valence-corrected chi connectivity index (χ4v) is 2.76. The van der Waals surface area contributed by atoms with Crippen LogP contribution in [0.5, 0.6) is 0 Å². The Morgan fingerprint density at radius 3 is 2.58 bits per heavy atom. The minimum absolute atomic E-state index is 0.0772. The molecule has 0 atom stereocenters. The number of benzene rings is 1. The third kappa shape index (κ3) is 3.85. The molecule has 3 rings (SSSR count). The summed E-state index contributed by atoms with van der Waals surface area (Å²) < 4.78 is 0. The molecular formula is C19H16N6O. The van der Waals surface area contributed by atoms with Gasteiger partial charge in [0, 0.05) is 44.6 Å². The third-order valence-electron chi connectivity index (χ3n) is 4.11. The van der Waals surface area contributed by atoms with E-state index in [0.29, 0.717) is 43.3 Å². The van der Waals surface area contributed by atoms with Crippen LogP contribution in [0.15, 0.2) is 42.7 Å². The number of hydrogen-bond acceptors (Lipinski definition) is 6. The first kappa shape index (κ1) is 17.1. The number of carbonyl (C=O) groups is 1. The average Bonchev–Trinajstić information content (AvgIpc) is 2.72. The quantitative estimate of drug-likeness (QED) is 0.784. The van der Waals surface area contributed by atoms with Gasteiger partial charge < -0.3 is 9.80 Å². The molecule has 1 saturated heterocycles. The zero-order valence-corrected chi connectivity index (χ0v) is 14.0. The van der Waals surface area contributed by atoms with Crippen LogP contribution < -0.4 is 4.90 Å². The Balaban J connectivity index is 1.61. The maximum Gasteiger partial charge on any atom is 0.246 e. The summed E-state index contributed by atoms with van der Waals surface area (Å²) in [6.45, 7) is 2.28. The molecule has 1 aromatic heterocycles. The van der Waals surface area contributed by atoms with Gasteiger partial charge in [-0.3, -0.25) is 4.79 Å². The first-order chi connectivity index (χ1) is 12.7. The van der Waals surface area contributed by atoms with Gasteiger partial charge >= 0.3 is 0 Å². The molecule has 2 aromatic rings. The Bertz CT molecular complexity index is 916. The summed E-state index contributed by atoms with van der Waals surface area (Å²) in [5.41, 5.74) is 1.67. The number of amides is 1. The summed E-state index contributed by atoms with van der Waals surface area (Å²) in [7, 11) is 0. The van der Waals surface area contributed by atoms with Crippen LogP contribution in [-0.4, -0.2) is 47.0 Å². The van der Waals surface area contributed by atoms with Crippen LogP contribution in [0.3, 0.4) is 0 Å². The van der Waals surface area contributed by atoms with Crippen molar-refractivity contribution in [1.29, 1.82) is 10.5 Å². The number of nitrogens with zero attached hydrogens (tertiary/aromatic N) is 6. The zero-order chi connectivity index (χ0) is 18.4. The molecule has 0 radical (unpaired) electrons. The summed E-state index contributed by atoms with van der Waals surface area (Å²) in [6.07, 6.45) is 6.29. The van der Waals surface area contributed by atoms with E-state index in [1.54, 1.807) is 35.4 Å². The van der Waals surface area contributed by atoms with Crippen molar-refractivity contribution in [2.45, 2.75) is 0 Å². The second kappa shape index (κ2) is 7.91. The van der Waals surface area contributed by atoms with Gasteiger partial charge in [-0.25, -0.2) is 9.97 Å². The minimum atomic E-state index is -0.0772. The highest BCUT2D eigenvalue weighted by molar-refractivity contribution is 5.92. The fourth-order valence-electron chi connectivity index (χ4n) is 2.76. The predicted octanol–water partition coefficient (Wildman–Crippen LogP) is 1.58. The highest BCUT2D eigenvalue weighted by Crippen LogP contribution is 2.16. The van der Waals surface area contributed by atoms with E-state index in [0.717, 1.165) is 5.56 Å². The summed E-state index contributed by atoms with van der Waals surface area (Å²) in [6, 6.07) is 11.2. The van der Waals surface area contributed by atoms with Crippen molar-refractivity contribution in [2.75, 3.05) is 31.1 Å². The van der Waals surface area contributed by atoms with Gasteiger partial charge in [-0.1, -0.05) is 12.1 Å². The lowest BCUT2D eigenvalue weighted by Crippen LogP contribution is -2.48. The minimum Gasteiger partial charge on any atom is -0.351 e. The summed E-state index contributed by atoms with van der Waals surface area (Å²) in [4.78, 5) is 24.3. The third-order valence-corrected chi connectivity index (χ3v) is 4.11. The van der Waals surface area contributed by atoms with Crippen molar-refractivity contribution in [2.24, 2.45) is 0 Å². The van der Waals surface area contributed by atoms with Gasteiger partial charge in [0.1, 0.15) is 6.07 Å². The van der Waals surface area contributed by atoms with Gasteiger partial charge in [0.15, 0.2) is 11.5 Å². The van der Waals surface area contributed by atoms with Gasteiger partial charge in [0.2, 0.25) is 5.91 Å². The summed E-state index contributed by atoms with van der Waals surface area (Å²) in [5.74, 6) is 0.484. The van der Waals surface area contributed by atoms with Gasteiger partial charge in [-0.2, -0.15) is 10.5 Å². The van der Waals surface area contributed by atoms with Crippen LogP contribution in [0.4, 0.5) is 5.82 Å². The standard InChI is InChI=1S/C19H16N6O/c20-13-16-3-1-2-15(12-16)4-5-18(26)24-8-10-25(11-9-24)19-17(14-21)22-6-7-23-19/h1-7,12H,8-11H2/b5-4+. The van der Waals surface area contributed by atoms with E-state index in [4.69, 9.17) is 10.5 Å². The van der Waals surface area contributed by atoms with E-state index >= 15 is 0 Å². The van der Waals surface area contributed by atoms with Crippen LogP contribution in [0.25, 0.3) is 6.08 Å². The molecule has 0 unspecified atom stereocenters. The topological polar surface area (TPSA) is 96.9 Å². The maximum absolute atomic E-state index is 12.4. The van der Waals surface area contributed by atoms with Crippen molar-refractivity contribution in [1.82, 2.24) is 14.9 Å². The van der Waals surface area contributed by atoms with Gasteiger partial charge in [0.05, 0.1) is 11.6 Å². The molecule has 2 heterocycles. The van der Waals surface area contributed by atoms with E-state index in [-0.39, 0.29) is 5.91 Å². The number of rotatable bonds is 3. The largest absolute Gasteiger partial charge is 0.351 e. The lowest BCUT2D eigenvalue weighted by molar-refractivity contribution is -0.126. The Labute approximate surface area is 151 Å². The van der Waals surface area contributed by atoms with Gasteiger partial charge in [0.25, 0.3) is 0 Å². The molecule has 7 nitrogen and oxygen atoms in total. The molecule has 7 heteroatoms. The predicted molar refractivity (Wildman–Crippen MR) is 95.7 cm³/mol. The average molecular weight is 344 g/mol.